The predicted molar refractivity (Wildman–Crippen MR) is 90.4 cm³/mol. The van der Waals surface area contributed by atoms with E-state index in [0.29, 0.717) is 16.5 Å². The van der Waals surface area contributed by atoms with Crippen molar-refractivity contribution in [3.63, 3.8) is 0 Å². The van der Waals surface area contributed by atoms with Gasteiger partial charge in [0.2, 0.25) is 11.8 Å². The van der Waals surface area contributed by atoms with Gasteiger partial charge in [-0.1, -0.05) is 30.2 Å². The molecule has 0 bridgehead atoms. The first-order chi connectivity index (χ1) is 11.2. The summed E-state index contributed by atoms with van der Waals surface area (Å²) < 4.78 is 5.81. The fraction of sp³-hybridized carbons (Fsp3) is 0.222. The van der Waals surface area contributed by atoms with Crippen molar-refractivity contribution in [2.24, 2.45) is 5.92 Å². The first-order valence-electron chi connectivity index (χ1n) is 7.67. The number of anilines is 1. The molecular weight excluding hydrogens is 312 g/mol. The van der Waals surface area contributed by atoms with Gasteiger partial charge >= 0.3 is 0 Å². The molecule has 23 heavy (non-hydrogen) atoms. The molecule has 1 saturated carbocycles. The molecule has 1 aliphatic rings. The maximum absolute atomic E-state index is 12.0. The molecule has 1 aromatic heterocycles. The Kier molecular flexibility index (Phi) is 3.54. The average molecular weight is 327 g/mol. The number of nitrogens with zero attached hydrogens (tertiary/aromatic N) is 1. The minimum absolute atomic E-state index is 0.0847. The van der Waals surface area contributed by atoms with Gasteiger partial charge in [-0.15, -0.1) is 0 Å². The van der Waals surface area contributed by atoms with Crippen LogP contribution in [0.2, 0.25) is 5.02 Å². The summed E-state index contributed by atoms with van der Waals surface area (Å²) in [6.45, 7) is 0. The summed E-state index contributed by atoms with van der Waals surface area (Å²) in [5.41, 5.74) is 2.86. The molecule has 116 valence electrons. The van der Waals surface area contributed by atoms with Crippen LogP contribution in [0.15, 0.2) is 46.9 Å². The molecule has 1 amide bonds. The first-order valence-corrected chi connectivity index (χ1v) is 8.05. The van der Waals surface area contributed by atoms with E-state index >= 15 is 0 Å². The molecule has 1 fully saturated rings. The second-order valence-electron chi connectivity index (χ2n) is 5.80. The van der Waals surface area contributed by atoms with Gasteiger partial charge in [0.25, 0.3) is 0 Å². The third-order valence-corrected chi connectivity index (χ3v) is 4.57. The van der Waals surface area contributed by atoms with Crippen LogP contribution >= 0.6 is 11.6 Å². The molecule has 1 aliphatic carbocycles. The Labute approximate surface area is 138 Å². The van der Waals surface area contributed by atoms with Crippen molar-refractivity contribution in [2.45, 2.75) is 19.3 Å². The number of halogens is 1. The van der Waals surface area contributed by atoms with Gasteiger partial charge in [0.05, 0.1) is 10.6 Å². The van der Waals surface area contributed by atoms with Crippen molar-refractivity contribution in [2.75, 3.05) is 5.32 Å². The Balaban J connectivity index is 1.64. The van der Waals surface area contributed by atoms with Crippen molar-refractivity contribution < 1.29 is 9.21 Å². The quantitative estimate of drug-likeness (QED) is 0.745. The van der Waals surface area contributed by atoms with Crippen molar-refractivity contribution in [3.05, 3.63) is 47.5 Å². The van der Waals surface area contributed by atoms with Crippen LogP contribution in [-0.4, -0.2) is 10.9 Å². The van der Waals surface area contributed by atoms with Gasteiger partial charge in [-0.25, -0.2) is 4.98 Å². The van der Waals surface area contributed by atoms with E-state index in [4.69, 9.17) is 16.0 Å². The van der Waals surface area contributed by atoms with E-state index in [-0.39, 0.29) is 11.8 Å². The van der Waals surface area contributed by atoms with Crippen molar-refractivity contribution in [1.29, 1.82) is 0 Å². The molecule has 1 N–H and O–H groups in total. The molecule has 2 aromatic carbocycles. The molecule has 0 aliphatic heterocycles. The smallest absolute Gasteiger partial charge is 0.228 e. The van der Waals surface area contributed by atoms with E-state index in [0.717, 1.165) is 36.0 Å². The highest BCUT2D eigenvalue weighted by atomic mass is 35.5. The van der Waals surface area contributed by atoms with Gasteiger partial charge in [0, 0.05) is 17.7 Å². The number of benzene rings is 2. The zero-order chi connectivity index (χ0) is 15.8. The van der Waals surface area contributed by atoms with Gasteiger partial charge in [-0.3, -0.25) is 4.79 Å². The monoisotopic (exact) mass is 326 g/mol. The Hall–Kier alpha value is -2.33. The lowest BCUT2D eigenvalue weighted by atomic mass is 9.85. The molecule has 0 spiro atoms. The summed E-state index contributed by atoms with van der Waals surface area (Å²) >= 11 is 6.19. The van der Waals surface area contributed by atoms with E-state index in [1.807, 2.05) is 30.3 Å². The summed E-state index contributed by atoms with van der Waals surface area (Å²) in [7, 11) is 0. The molecule has 4 nitrogen and oxygen atoms in total. The topological polar surface area (TPSA) is 55.1 Å². The lowest BCUT2D eigenvalue weighted by Gasteiger charge is -2.23. The second kappa shape index (κ2) is 5.70. The lowest BCUT2D eigenvalue weighted by Crippen LogP contribution is -2.27. The molecule has 5 heteroatoms. The van der Waals surface area contributed by atoms with Crippen LogP contribution in [0.4, 0.5) is 5.69 Å². The van der Waals surface area contributed by atoms with Gasteiger partial charge < -0.3 is 9.73 Å². The third kappa shape index (κ3) is 2.70. The third-order valence-electron chi connectivity index (χ3n) is 4.24. The molecule has 4 rings (SSSR count). The average Bonchev–Trinajstić information content (AvgIpc) is 2.88. The summed E-state index contributed by atoms with van der Waals surface area (Å²) in [6, 6.07) is 12.9. The van der Waals surface area contributed by atoms with E-state index < -0.39 is 0 Å². The number of carbonyl (C=O) groups is 1. The van der Waals surface area contributed by atoms with Crippen LogP contribution in [0.3, 0.4) is 0 Å². The van der Waals surface area contributed by atoms with Crippen molar-refractivity contribution >= 4 is 34.3 Å². The van der Waals surface area contributed by atoms with Crippen LogP contribution < -0.4 is 5.32 Å². The number of fused-ring (bicyclic) bond motifs is 1. The molecule has 0 saturated heterocycles. The summed E-state index contributed by atoms with van der Waals surface area (Å²) in [4.78, 5) is 16.5. The van der Waals surface area contributed by atoms with Gasteiger partial charge in [-0.05, 0) is 37.1 Å². The minimum Gasteiger partial charge on any atom is -0.436 e. The Bertz CT molecular complexity index is 884. The van der Waals surface area contributed by atoms with Crippen LogP contribution in [0.25, 0.3) is 22.6 Å². The Morgan fingerprint density at radius 3 is 2.78 bits per heavy atom. The first kappa shape index (κ1) is 14.3. The highest BCUT2D eigenvalue weighted by Crippen LogP contribution is 2.31. The number of hydrogen-bond donors (Lipinski definition) is 1. The largest absolute Gasteiger partial charge is 0.436 e. The molecule has 1 heterocycles. The minimum atomic E-state index is 0.0847. The molecular formula is C18H15ClN2O2. The molecule has 0 atom stereocenters. The summed E-state index contributed by atoms with van der Waals surface area (Å²) in [5.74, 6) is 0.716. The van der Waals surface area contributed by atoms with E-state index in [9.17, 15) is 4.79 Å². The zero-order valence-electron chi connectivity index (χ0n) is 12.4. The fourth-order valence-corrected chi connectivity index (χ4v) is 2.88. The van der Waals surface area contributed by atoms with Crippen LogP contribution in [0, 0.1) is 5.92 Å². The van der Waals surface area contributed by atoms with Crippen LogP contribution in [-0.2, 0) is 4.79 Å². The van der Waals surface area contributed by atoms with Crippen LogP contribution in [0.1, 0.15) is 19.3 Å². The molecule has 0 radical (unpaired) electrons. The molecule has 0 unspecified atom stereocenters. The number of nitrogens with one attached hydrogen (secondary N) is 1. The van der Waals surface area contributed by atoms with Crippen LogP contribution in [0.5, 0.6) is 0 Å². The predicted octanol–water partition coefficient (Wildman–Crippen LogP) is 4.89. The lowest BCUT2D eigenvalue weighted by molar-refractivity contribution is -0.122. The highest BCUT2D eigenvalue weighted by Gasteiger charge is 2.25. The number of carbonyl (C=O) groups excluding carboxylic acids is 1. The molecule has 3 aromatic rings. The summed E-state index contributed by atoms with van der Waals surface area (Å²) in [6.07, 6.45) is 3.10. The Morgan fingerprint density at radius 2 is 2.04 bits per heavy atom. The maximum Gasteiger partial charge on any atom is 0.228 e. The fourth-order valence-electron chi connectivity index (χ4n) is 2.67. The second-order valence-corrected chi connectivity index (χ2v) is 6.21. The number of rotatable bonds is 3. The van der Waals surface area contributed by atoms with Crippen molar-refractivity contribution in [1.82, 2.24) is 4.98 Å². The maximum atomic E-state index is 12.0. The highest BCUT2D eigenvalue weighted by molar-refractivity contribution is 6.33. The summed E-state index contributed by atoms with van der Waals surface area (Å²) in [5, 5.41) is 3.54. The zero-order valence-corrected chi connectivity index (χ0v) is 13.1. The van der Waals surface area contributed by atoms with Gasteiger partial charge in [0.1, 0.15) is 5.52 Å². The van der Waals surface area contributed by atoms with E-state index in [1.165, 1.54) is 0 Å². The van der Waals surface area contributed by atoms with Crippen molar-refractivity contribution in [3.8, 4) is 11.5 Å². The van der Waals surface area contributed by atoms with Gasteiger partial charge in [0.15, 0.2) is 5.58 Å². The van der Waals surface area contributed by atoms with Gasteiger partial charge in [-0.2, -0.15) is 0 Å². The number of oxazole rings is 1. The number of aromatic nitrogens is 1. The standard InChI is InChI=1S/C18H15ClN2O2/c19-14-7-2-1-6-13(14)18-21-15-9-8-12(10-16(15)23-18)20-17(22)11-4-3-5-11/h1-2,6-11H,3-5H2,(H,20,22). The normalized spacial score (nSPS) is 14.7. The Morgan fingerprint density at radius 1 is 1.22 bits per heavy atom. The number of amides is 1. The van der Waals surface area contributed by atoms with E-state index in [1.54, 1.807) is 12.1 Å². The van der Waals surface area contributed by atoms with E-state index in [2.05, 4.69) is 10.3 Å². The number of hydrogen-bond acceptors (Lipinski definition) is 3. The SMILES string of the molecule is O=C(Nc1ccc2nc(-c3ccccc3Cl)oc2c1)C1CCC1.